The highest BCUT2D eigenvalue weighted by atomic mass is 79.9. The van der Waals surface area contributed by atoms with E-state index < -0.39 is 0 Å². The summed E-state index contributed by atoms with van der Waals surface area (Å²) in [6.07, 6.45) is 4.25. The minimum atomic E-state index is 0. The first-order valence-corrected chi connectivity index (χ1v) is 6.89. The van der Waals surface area contributed by atoms with Crippen LogP contribution < -0.4 is 5.73 Å². The van der Waals surface area contributed by atoms with Crippen LogP contribution in [-0.4, -0.2) is 4.98 Å². The summed E-state index contributed by atoms with van der Waals surface area (Å²) >= 11 is 3.51. The molecule has 2 nitrogen and oxygen atoms in total. The molecule has 1 aromatic carbocycles. The van der Waals surface area contributed by atoms with E-state index in [0.29, 0.717) is 5.92 Å². The van der Waals surface area contributed by atoms with Crippen LogP contribution in [0.5, 0.6) is 0 Å². The van der Waals surface area contributed by atoms with Gasteiger partial charge >= 0.3 is 0 Å². The van der Waals surface area contributed by atoms with Crippen LogP contribution in [0, 0.1) is 5.92 Å². The highest BCUT2D eigenvalue weighted by molar-refractivity contribution is 9.10. The molecule has 0 aliphatic rings. The lowest BCUT2D eigenvalue weighted by Gasteiger charge is -2.12. The van der Waals surface area contributed by atoms with Crippen molar-refractivity contribution in [1.82, 2.24) is 4.98 Å². The highest BCUT2D eigenvalue weighted by Gasteiger charge is 2.12. The number of hydrogen-bond acceptors (Lipinski definition) is 1. The van der Waals surface area contributed by atoms with Crippen molar-refractivity contribution in [2.45, 2.75) is 32.7 Å². The standard InChI is InChI=1S/C14H19BrN2.ClH/c1-9(2)3-5-13(16)12-8-17-14-6-4-10(15)7-11(12)14;/h4,6-9,13,17H,3,5,16H2,1-2H3;1H/t13-;/m0./s1. The van der Waals surface area contributed by atoms with Crippen molar-refractivity contribution in [3.8, 4) is 0 Å². The van der Waals surface area contributed by atoms with Crippen LogP contribution in [-0.2, 0) is 0 Å². The largest absolute Gasteiger partial charge is 0.361 e. The second kappa shape index (κ2) is 6.60. The maximum Gasteiger partial charge on any atom is 0.0458 e. The van der Waals surface area contributed by atoms with Gasteiger partial charge in [0.25, 0.3) is 0 Å². The Morgan fingerprint density at radius 2 is 2.00 bits per heavy atom. The Morgan fingerprint density at radius 1 is 1.28 bits per heavy atom. The van der Waals surface area contributed by atoms with Crippen molar-refractivity contribution >= 4 is 39.2 Å². The average molecular weight is 332 g/mol. The fourth-order valence-corrected chi connectivity index (χ4v) is 2.45. The molecule has 1 aromatic heterocycles. The first-order chi connectivity index (χ1) is 8.08. The van der Waals surface area contributed by atoms with E-state index >= 15 is 0 Å². The number of halogens is 2. The van der Waals surface area contributed by atoms with E-state index in [0.717, 1.165) is 16.4 Å². The summed E-state index contributed by atoms with van der Waals surface area (Å²) in [6.45, 7) is 4.47. The van der Waals surface area contributed by atoms with Gasteiger partial charge in [-0.25, -0.2) is 0 Å². The molecule has 0 unspecified atom stereocenters. The van der Waals surface area contributed by atoms with E-state index in [1.165, 1.54) is 17.4 Å². The zero-order valence-corrected chi connectivity index (χ0v) is 13.1. The van der Waals surface area contributed by atoms with Gasteiger partial charge in [-0.2, -0.15) is 0 Å². The number of rotatable bonds is 4. The van der Waals surface area contributed by atoms with Gasteiger partial charge in [-0.3, -0.25) is 0 Å². The van der Waals surface area contributed by atoms with Crippen molar-refractivity contribution in [2.75, 3.05) is 0 Å². The third-order valence-corrected chi connectivity index (χ3v) is 3.62. The molecule has 0 radical (unpaired) electrons. The average Bonchev–Trinajstić information content (AvgIpc) is 2.68. The van der Waals surface area contributed by atoms with Crippen LogP contribution in [0.1, 0.15) is 38.3 Å². The topological polar surface area (TPSA) is 41.8 Å². The maximum absolute atomic E-state index is 6.27. The van der Waals surface area contributed by atoms with Gasteiger partial charge in [0, 0.05) is 27.6 Å². The van der Waals surface area contributed by atoms with Crippen molar-refractivity contribution in [2.24, 2.45) is 11.7 Å². The fourth-order valence-electron chi connectivity index (χ4n) is 2.09. The zero-order valence-electron chi connectivity index (χ0n) is 10.7. The molecule has 0 aliphatic carbocycles. The molecule has 2 rings (SSSR count). The number of benzene rings is 1. The number of hydrogen-bond donors (Lipinski definition) is 2. The fraction of sp³-hybridized carbons (Fsp3) is 0.429. The van der Waals surface area contributed by atoms with Crippen LogP contribution in [0.15, 0.2) is 28.9 Å². The SMILES string of the molecule is CC(C)CC[C@H](N)c1c[nH]c2ccc(Br)cc12.Cl. The lowest BCUT2D eigenvalue weighted by molar-refractivity contribution is 0.508. The van der Waals surface area contributed by atoms with Crippen LogP contribution in [0.25, 0.3) is 10.9 Å². The molecule has 100 valence electrons. The Labute approximate surface area is 123 Å². The third-order valence-electron chi connectivity index (χ3n) is 3.13. The molecule has 0 spiro atoms. The molecule has 2 aromatic rings. The van der Waals surface area contributed by atoms with Gasteiger partial charge in [0.1, 0.15) is 0 Å². The molecule has 0 aliphatic heterocycles. The highest BCUT2D eigenvalue weighted by Crippen LogP contribution is 2.28. The Balaban J connectivity index is 0.00000162. The lowest BCUT2D eigenvalue weighted by Crippen LogP contribution is -2.10. The third kappa shape index (κ3) is 3.50. The molecule has 18 heavy (non-hydrogen) atoms. The van der Waals surface area contributed by atoms with E-state index in [9.17, 15) is 0 Å². The predicted molar refractivity (Wildman–Crippen MR) is 84.2 cm³/mol. The quantitative estimate of drug-likeness (QED) is 0.831. The molecule has 0 saturated heterocycles. The molecule has 0 amide bonds. The van der Waals surface area contributed by atoms with Crippen molar-refractivity contribution in [1.29, 1.82) is 0 Å². The first-order valence-electron chi connectivity index (χ1n) is 6.10. The van der Waals surface area contributed by atoms with E-state index in [2.05, 4.69) is 46.9 Å². The molecule has 0 fully saturated rings. The number of aromatic nitrogens is 1. The maximum atomic E-state index is 6.27. The van der Waals surface area contributed by atoms with Gasteiger partial charge in [-0.1, -0.05) is 29.8 Å². The van der Waals surface area contributed by atoms with Crippen LogP contribution in [0.2, 0.25) is 0 Å². The number of nitrogens with one attached hydrogen (secondary N) is 1. The number of fused-ring (bicyclic) bond motifs is 1. The molecule has 1 atom stereocenters. The number of nitrogens with two attached hydrogens (primary N) is 1. The Bertz CT molecular complexity index is 507. The predicted octanol–water partition coefficient (Wildman–Crippen LogP) is 4.79. The van der Waals surface area contributed by atoms with Gasteiger partial charge in [0.05, 0.1) is 0 Å². The lowest BCUT2D eigenvalue weighted by atomic mass is 9.98. The zero-order chi connectivity index (χ0) is 12.4. The Morgan fingerprint density at radius 3 is 2.67 bits per heavy atom. The summed E-state index contributed by atoms with van der Waals surface area (Å²) in [7, 11) is 0. The minimum Gasteiger partial charge on any atom is -0.361 e. The molecule has 3 N–H and O–H groups in total. The monoisotopic (exact) mass is 330 g/mol. The number of H-pyrrole nitrogens is 1. The summed E-state index contributed by atoms with van der Waals surface area (Å²) in [5, 5.41) is 1.23. The van der Waals surface area contributed by atoms with Crippen LogP contribution in [0.3, 0.4) is 0 Å². The summed E-state index contributed by atoms with van der Waals surface area (Å²) < 4.78 is 1.10. The molecular formula is C14H20BrClN2. The van der Waals surface area contributed by atoms with Gasteiger partial charge in [0.15, 0.2) is 0 Å². The van der Waals surface area contributed by atoms with Gasteiger partial charge in [0.2, 0.25) is 0 Å². The summed E-state index contributed by atoms with van der Waals surface area (Å²) in [4.78, 5) is 3.28. The van der Waals surface area contributed by atoms with Gasteiger partial charge < -0.3 is 10.7 Å². The van der Waals surface area contributed by atoms with Gasteiger partial charge in [-0.15, -0.1) is 12.4 Å². The van der Waals surface area contributed by atoms with Crippen molar-refractivity contribution in [3.05, 3.63) is 34.4 Å². The Hall–Kier alpha value is -0.510. The van der Waals surface area contributed by atoms with Crippen LogP contribution >= 0.6 is 28.3 Å². The summed E-state index contributed by atoms with van der Waals surface area (Å²) in [5.41, 5.74) is 8.65. The summed E-state index contributed by atoms with van der Waals surface area (Å²) in [6, 6.07) is 6.39. The van der Waals surface area contributed by atoms with Crippen molar-refractivity contribution in [3.63, 3.8) is 0 Å². The van der Waals surface area contributed by atoms with Gasteiger partial charge in [-0.05, 0) is 42.5 Å². The second-order valence-electron chi connectivity index (χ2n) is 5.01. The summed E-state index contributed by atoms with van der Waals surface area (Å²) in [5.74, 6) is 0.706. The van der Waals surface area contributed by atoms with Crippen molar-refractivity contribution < 1.29 is 0 Å². The smallest absolute Gasteiger partial charge is 0.0458 e. The number of aromatic amines is 1. The molecule has 0 bridgehead atoms. The molecular weight excluding hydrogens is 312 g/mol. The van der Waals surface area contributed by atoms with E-state index in [-0.39, 0.29) is 18.4 Å². The van der Waals surface area contributed by atoms with E-state index in [4.69, 9.17) is 5.73 Å². The second-order valence-corrected chi connectivity index (χ2v) is 5.93. The molecule has 1 heterocycles. The normalized spacial score (nSPS) is 12.7. The Kier molecular flexibility index (Phi) is 5.70. The minimum absolute atomic E-state index is 0. The first kappa shape index (κ1) is 15.5. The molecule has 4 heteroatoms. The van der Waals surface area contributed by atoms with Crippen LogP contribution in [0.4, 0.5) is 0 Å². The van der Waals surface area contributed by atoms with E-state index in [1.807, 2.05) is 12.3 Å². The molecule has 0 saturated carbocycles. The van der Waals surface area contributed by atoms with E-state index in [1.54, 1.807) is 0 Å².